The molecule has 0 aromatic heterocycles. The molecule has 164 valence electrons. The maximum Gasteiger partial charge on any atom is 0.245 e. The average Bonchev–Trinajstić information content (AvgIpc) is 3.13. The lowest BCUT2D eigenvalue weighted by Gasteiger charge is -2.16. The molecule has 1 atom stereocenters. The number of amides is 2. The van der Waals surface area contributed by atoms with Crippen LogP contribution in [0.15, 0.2) is 41.5 Å². The lowest BCUT2D eigenvalue weighted by molar-refractivity contribution is -0.126. The Bertz CT molecular complexity index is 976. The summed E-state index contributed by atoms with van der Waals surface area (Å²) in [6, 6.07) is 11.4. The molecule has 0 spiro atoms. The molecule has 1 saturated heterocycles. The van der Waals surface area contributed by atoms with Gasteiger partial charge in [-0.15, -0.1) is 0 Å². The van der Waals surface area contributed by atoms with Gasteiger partial charge in [0.05, 0.1) is 28.9 Å². The van der Waals surface area contributed by atoms with Crippen molar-refractivity contribution >= 4 is 46.3 Å². The molecule has 8 heteroatoms. The van der Waals surface area contributed by atoms with Crippen LogP contribution >= 0.6 is 22.6 Å². The maximum atomic E-state index is 12.5. The lowest BCUT2D eigenvalue weighted by Crippen LogP contribution is -2.30. The minimum Gasteiger partial charge on any atom is -0.490 e. The molecule has 0 bridgehead atoms. The Balaban J connectivity index is 1.64. The van der Waals surface area contributed by atoms with E-state index >= 15 is 0 Å². The topological polar surface area (TPSA) is 80.2 Å². The highest BCUT2D eigenvalue weighted by molar-refractivity contribution is 14.1. The zero-order valence-electron chi connectivity index (χ0n) is 17.9. The van der Waals surface area contributed by atoms with Crippen LogP contribution < -0.4 is 19.8 Å². The minimum absolute atomic E-state index is 0.0598. The van der Waals surface area contributed by atoms with Crippen LogP contribution in [0.4, 0.5) is 5.69 Å². The Morgan fingerprint density at radius 3 is 2.61 bits per heavy atom. The number of ether oxygens (including phenoxy) is 2. The summed E-state index contributed by atoms with van der Waals surface area (Å²) >= 11 is 2.19. The van der Waals surface area contributed by atoms with Gasteiger partial charge in [-0.05, 0) is 73.2 Å². The summed E-state index contributed by atoms with van der Waals surface area (Å²) in [6.07, 6.45) is 1.73. The van der Waals surface area contributed by atoms with Gasteiger partial charge in [0, 0.05) is 18.7 Å². The maximum absolute atomic E-state index is 12.5. The normalized spacial score (nSPS) is 16.1. The molecule has 1 N–H and O–H groups in total. The molecular formula is C23H26IN3O4. The summed E-state index contributed by atoms with van der Waals surface area (Å²) in [5.74, 6) is 0.566. The van der Waals surface area contributed by atoms with Crippen molar-refractivity contribution in [3.8, 4) is 11.5 Å². The molecule has 2 aromatic carbocycles. The highest BCUT2D eigenvalue weighted by Crippen LogP contribution is 2.34. The van der Waals surface area contributed by atoms with Gasteiger partial charge in [-0.25, -0.2) is 5.43 Å². The summed E-state index contributed by atoms with van der Waals surface area (Å²) in [4.78, 5) is 26.6. The predicted octanol–water partition coefficient (Wildman–Crippen LogP) is 3.90. The van der Waals surface area contributed by atoms with Crippen molar-refractivity contribution in [3.05, 3.63) is 51.1 Å². The number of halogens is 1. The highest BCUT2D eigenvalue weighted by Gasteiger charge is 2.35. The lowest BCUT2D eigenvalue weighted by atomic mass is 10.1. The first kappa shape index (κ1) is 23.1. The molecule has 1 fully saturated rings. The van der Waals surface area contributed by atoms with E-state index in [1.807, 2.05) is 57.2 Å². The van der Waals surface area contributed by atoms with E-state index in [1.165, 1.54) is 0 Å². The molecule has 1 aliphatic rings. The van der Waals surface area contributed by atoms with Gasteiger partial charge in [0.15, 0.2) is 11.5 Å². The molecule has 0 saturated carbocycles. The quantitative estimate of drug-likeness (QED) is 0.316. The van der Waals surface area contributed by atoms with E-state index in [2.05, 4.69) is 33.1 Å². The minimum atomic E-state index is -0.439. The fraction of sp³-hybridized carbons (Fsp3) is 0.348. The second kappa shape index (κ2) is 10.6. The van der Waals surface area contributed by atoms with Crippen LogP contribution in [-0.4, -0.2) is 37.8 Å². The van der Waals surface area contributed by atoms with Crippen molar-refractivity contribution in [2.45, 2.75) is 27.2 Å². The second-order valence-electron chi connectivity index (χ2n) is 7.17. The van der Waals surface area contributed by atoms with Gasteiger partial charge < -0.3 is 14.4 Å². The number of anilines is 1. The zero-order valence-corrected chi connectivity index (χ0v) is 20.0. The van der Waals surface area contributed by atoms with Crippen LogP contribution in [0, 0.1) is 16.4 Å². The van der Waals surface area contributed by atoms with Crippen LogP contribution in [0.3, 0.4) is 0 Å². The Kier molecular flexibility index (Phi) is 7.89. The fourth-order valence-electron chi connectivity index (χ4n) is 3.33. The van der Waals surface area contributed by atoms with Gasteiger partial charge >= 0.3 is 0 Å². The van der Waals surface area contributed by atoms with Crippen molar-refractivity contribution in [2.24, 2.45) is 11.0 Å². The monoisotopic (exact) mass is 535 g/mol. The standard InChI is InChI=1S/C23H26IN3O4/c1-4-30-20-11-16(10-19(24)22(20)31-5-2)13-25-26-23(29)17-12-21(28)27(14-17)18-8-6-15(3)7-9-18/h6-11,13,17H,4-5,12,14H2,1-3H3,(H,26,29)/b25-13+/t17-/m0/s1. The number of nitrogens with one attached hydrogen (secondary N) is 1. The van der Waals surface area contributed by atoms with Gasteiger partial charge in [-0.3, -0.25) is 9.59 Å². The number of aryl methyl sites for hydroxylation is 1. The third-order valence-electron chi connectivity index (χ3n) is 4.85. The van der Waals surface area contributed by atoms with Crippen LogP contribution in [0.2, 0.25) is 0 Å². The van der Waals surface area contributed by atoms with E-state index < -0.39 is 5.92 Å². The molecule has 31 heavy (non-hydrogen) atoms. The third-order valence-corrected chi connectivity index (χ3v) is 5.65. The van der Waals surface area contributed by atoms with E-state index in [4.69, 9.17) is 9.47 Å². The zero-order chi connectivity index (χ0) is 22.4. The van der Waals surface area contributed by atoms with Gasteiger partial charge in [0.1, 0.15) is 0 Å². The van der Waals surface area contributed by atoms with Crippen LogP contribution in [-0.2, 0) is 9.59 Å². The molecule has 1 heterocycles. The van der Waals surface area contributed by atoms with Crippen molar-refractivity contribution in [3.63, 3.8) is 0 Å². The second-order valence-corrected chi connectivity index (χ2v) is 8.33. The van der Waals surface area contributed by atoms with Crippen LogP contribution in [0.5, 0.6) is 11.5 Å². The summed E-state index contributed by atoms with van der Waals surface area (Å²) in [7, 11) is 0. The average molecular weight is 535 g/mol. The molecule has 3 rings (SSSR count). The summed E-state index contributed by atoms with van der Waals surface area (Å²) in [5, 5.41) is 4.08. The Hall–Kier alpha value is -2.62. The molecular weight excluding hydrogens is 509 g/mol. The molecule has 0 radical (unpaired) electrons. The third kappa shape index (κ3) is 5.75. The van der Waals surface area contributed by atoms with Crippen molar-refractivity contribution in [1.82, 2.24) is 5.43 Å². The van der Waals surface area contributed by atoms with Crippen LogP contribution in [0.1, 0.15) is 31.4 Å². The number of hydrogen-bond acceptors (Lipinski definition) is 5. The van der Waals surface area contributed by atoms with Gasteiger partial charge in [0.25, 0.3) is 0 Å². The number of benzene rings is 2. The van der Waals surface area contributed by atoms with E-state index in [9.17, 15) is 9.59 Å². The Labute approximate surface area is 195 Å². The predicted molar refractivity (Wildman–Crippen MR) is 129 cm³/mol. The van der Waals surface area contributed by atoms with Crippen molar-refractivity contribution in [1.29, 1.82) is 0 Å². The molecule has 7 nitrogen and oxygen atoms in total. The molecule has 0 aliphatic carbocycles. The number of rotatable bonds is 8. The van der Waals surface area contributed by atoms with E-state index in [1.54, 1.807) is 11.1 Å². The molecule has 0 unspecified atom stereocenters. The first-order valence-electron chi connectivity index (χ1n) is 10.2. The SMILES string of the molecule is CCOc1cc(/C=N/NC(=O)[C@H]2CC(=O)N(c3ccc(C)cc3)C2)cc(I)c1OCC. The number of carbonyl (C=O) groups excluding carboxylic acids is 2. The molecule has 2 aromatic rings. The molecule has 2 amide bonds. The summed E-state index contributed by atoms with van der Waals surface area (Å²) < 4.78 is 12.2. The number of nitrogens with zero attached hydrogens (tertiary/aromatic N) is 2. The number of carbonyl (C=O) groups is 2. The summed E-state index contributed by atoms with van der Waals surface area (Å²) in [5.41, 5.74) is 5.27. The first-order chi connectivity index (χ1) is 14.9. The first-order valence-corrected chi connectivity index (χ1v) is 11.3. The van der Waals surface area contributed by atoms with Gasteiger partial charge in [-0.1, -0.05) is 17.7 Å². The Morgan fingerprint density at radius 2 is 1.94 bits per heavy atom. The van der Waals surface area contributed by atoms with E-state index in [-0.39, 0.29) is 18.2 Å². The summed E-state index contributed by atoms with van der Waals surface area (Å²) in [6.45, 7) is 7.22. The number of hydrazone groups is 1. The van der Waals surface area contributed by atoms with E-state index in [0.717, 1.165) is 20.4 Å². The Morgan fingerprint density at radius 1 is 1.23 bits per heavy atom. The van der Waals surface area contributed by atoms with Gasteiger partial charge in [0.2, 0.25) is 11.8 Å². The molecule has 1 aliphatic heterocycles. The van der Waals surface area contributed by atoms with Crippen molar-refractivity contribution in [2.75, 3.05) is 24.7 Å². The van der Waals surface area contributed by atoms with Crippen LogP contribution in [0.25, 0.3) is 0 Å². The largest absolute Gasteiger partial charge is 0.490 e. The number of hydrogen-bond donors (Lipinski definition) is 1. The van der Waals surface area contributed by atoms with E-state index in [0.29, 0.717) is 31.3 Å². The van der Waals surface area contributed by atoms with Crippen molar-refractivity contribution < 1.29 is 19.1 Å². The smallest absolute Gasteiger partial charge is 0.245 e. The van der Waals surface area contributed by atoms with Gasteiger partial charge in [-0.2, -0.15) is 5.10 Å². The fourth-order valence-corrected chi connectivity index (χ4v) is 4.11. The highest BCUT2D eigenvalue weighted by atomic mass is 127.